The maximum Gasteiger partial charge on any atom is 0.410 e. The van der Waals surface area contributed by atoms with Crippen LogP contribution in [0.25, 0.3) is 0 Å². The van der Waals surface area contributed by atoms with Crippen molar-refractivity contribution in [3.05, 3.63) is 0 Å². The molecule has 0 aromatic carbocycles. The van der Waals surface area contributed by atoms with E-state index < -0.39 is 29.4 Å². The van der Waals surface area contributed by atoms with Crippen LogP contribution in [0.1, 0.15) is 60.8 Å². The molecular weight excluding hydrogens is 286 g/mol. The summed E-state index contributed by atoms with van der Waals surface area (Å²) in [4.78, 5) is 25.8. The Hall–Kier alpha value is -1.30. The van der Waals surface area contributed by atoms with E-state index in [2.05, 4.69) is 0 Å². The van der Waals surface area contributed by atoms with Crippen molar-refractivity contribution in [1.29, 1.82) is 0 Å². The van der Waals surface area contributed by atoms with Gasteiger partial charge in [0.05, 0.1) is 12.5 Å². The summed E-state index contributed by atoms with van der Waals surface area (Å²) in [6.07, 6.45) is -0.0464. The van der Waals surface area contributed by atoms with Crippen molar-refractivity contribution in [1.82, 2.24) is 4.90 Å². The highest BCUT2D eigenvalue weighted by Crippen LogP contribution is 2.24. The van der Waals surface area contributed by atoms with Crippen LogP contribution in [0.2, 0.25) is 0 Å². The highest BCUT2D eigenvalue weighted by molar-refractivity contribution is 5.73. The van der Waals surface area contributed by atoms with Crippen molar-refractivity contribution in [3.63, 3.8) is 0 Å². The molecule has 0 aliphatic carbocycles. The topological polar surface area (TPSA) is 76.1 Å². The zero-order valence-corrected chi connectivity index (χ0v) is 14.5. The molecule has 0 spiro atoms. The van der Waals surface area contributed by atoms with Gasteiger partial charge >= 0.3 is 12.1 Å². The smallest absolute Gasteiger partial charge is 0.410 e. The minimum absolute atomic E-state index is 0.0631. The van der Waals surface area contributed by atoms with Crippen molar-refractivity contribution in [2.75, 3.05) is 6.54 Å². The van der Waals surface area contributed by atoms with Gasteiger partial charge in [0.1, 0.15) is 11.2 Å². The number of carbonyl (C=O) groups excluding carboxylic acids is 2. The third-order valence-corrected chi connectivity index (χ3v) is 3.14. The second kappa shape index (κ2) is 6.86. The Bertz CT molecular complexity index is 408. The minimum atomic E-state index is -0.594. The summed E-state index contributed by atoms with van der Waals surface area (Å²) in [5, 5.41) is 9.83. The molecule has 1 amide bonds. The first-order valence-electron chi connectivity index (χ1n) is 7.77. The molecule has 2 atom stereocenters. The Labute approximate surface area is 132 Å². The largest absolute Gasteiger partial charge is 0.460 e. The van der Waals surface area contributed by atoms with Crippen molar-refractivity contribution in [3.8, 4) is 0 Å². The number of ether oxygens (including phenoxy) is 2. The van der Waals surface area contributed by atoms with Crippen molar-refractivity contribution in [2.45, 2.75) is 84.2 Å². The van der Waals surface area contributed by atoms with Crippen LogP contribution >= 0.6 is 0 Å². The molecule has 22 heavy (non-hydrogen) atoms. The standard InChI is InChI=1S/C16H29NO5/c1-15(2,3)21-13(19)10-11-9-12(18)7-8-17(11)14(20)22-16(4,5)6/h11-12,18H,7-10H2,1-6H3/t11-,12+/m0/s1. The zero-order chi connectivity index (χ0) is 17.1. The molecule has 1 aliphatic rings. The third-order valence-electron chi connectivity index (χ3n) is 3.14. The number of carbonyl (C=O) groups is 2. The fourth-order valence-electron chi connectivity index (χ4n) is 2.36. The zero-order valence-electron chi connectivity index (χ0n) is 14.5. The quantitative estimate of drug-likeness (QED) is 0.792. The molecule has 0 radical (unpaired) electrons. The Balaban J connectivity index is 2.73. The fraction of sp³-hybridized carbons (Fsp3) is 0.875. The van der Waals surface area contributed by atoms with Gasteiger partial charge in [0.25, 0.3) is 0 Å². The summed E-state index contributed by atoms with van der Waals surface area (Å²) < 4.78 is 10.7. The number of piperidine rings is 1. The normalized spacial score (nSPS) is 23.1. The van der Waals surface area contributed by atoms with Crippen LogP contribution in [-0.2, 0) is 14.3 Å². The first kappa shape index (κ1) is 18.7. The maximum absolute atomic E-state index is 12.3. The van der Waals surface area contributed by atoms with Gasteiger partial charge in [0.2, 0.25) is 0 Å². The van der Waals surface area contributed by atoms with E-state index in [0.717, 1.165) is 0 Å². The number of aliphatic hydroxyl groups excluding tert-OH is 1. The monoisotopic (exact) mass is 315 g/mol. The summed E-state index contributed by atoms with van der Waals surface area (Å²) >= 11 is 0. The molecule has 0 saturated carbocycles. The number of nitrogens with zero attached hydrogens (tertiary/aromatic N) is 1. The molecule has 1 fully saturated rings. The van der Waals surface area contributed by atoms with Crippen molar-refractivity contribution in [2.24, 2.45) is 0 Å². The summed E-state index contributed by atoms with van der Waals surface area (Å²) in [6.45, 7) is 11.2. The number of rotatable bonds is 2. The molecule has 0 aromatic heterocycles. The Morgan fingerprint density at radius 2 is 1.64 bits per heavy atom. The van der Waals surface area contributed by atoms with Crippen LogP contribution in [0.4, 0.5) is 4.79 Å². The molecule has 1 rings (SSSR count). The van der Waals surface area contributed by atoms with Gasteiger partial charge in [0.15, 0.2) is 0 Å². The van der Waals surface area contributed by atoms with Gasteiger partial charge in [0, 0.05) is 12.6 Å². The van der Waals surface area contributed by atoms with Crippen LogP contribution in [0.3, 0.4) is 0 Å². The number of aliphatic hydroxyl groups is 1. The first-order valence-corrected chi connectivity index (χ1v) is 7.77. The average molecular weight is 315 g/mol. The number of hydrogen-bond donors (Lipinski definition) is 1. The maximum atomic E-state index is 12.3. The van der Waals surface area contributed by atoms with Crippen LogP contribution in [0.5, 0.6) is 0 Å². The first-order chi connectivity index (χ1) is 9.87. The predicted octanol–water partition coefficient (Wildman–Crippen LogP) is 2.48. The Kier molecular flexibility index (Phi) is 5.84. The van der Waals surface area contributed by atoms with Crippen LogP contribution in [0.15, 0.2) is 0 Å². The van der Waals surface area contributed by atoms with E-state index in [1.807, 2.05) is 0 Å². The molecule has 6 nitrogen and oxygen atoms in total. The van der Waals surface area contributed by atoms with Gasteiger partial charge in [-0.3, -0.25) is 4.79 Å². The summed E-state index contributed by atoms with van der Waals surface area (Å²) in [6, 6.07) is -0.395. The number of amides is 1. The van der Waals surface area contributed by atoms with Gasteiger partial charge in [-0.05, 0) is 54.4 Å². The van der Waals surface area contributed by atoms with Crippen LogP contribution in [-0.4, -0.2) is 52.0 Å². The highest BCUT2D eigenvalue weighted by atomic mass is 16.6. The SMILES string of the molecule is CC(C)(C)OC(=O)C[C@@H]1C[C@H](O)CCN1C(=O)OC(C)(C)C. The molecular formula is C16H29NO5. The van der Waals surface area contributed by atoms with E-state index in [1.165, 1.54) is 4.90 Å². The van der Waals surface area contributed by atoms with Crippen molar-refractivity contribution >= 4 is 12.1 Å². The molecule has 6 heteroatoms. The van der Waals surface area contributed by atoms with E-state index in [9.17, 15) is 14.7 Å². The van der Waals surface area contributed by atoms with Gasteiger partial charge in [-0.25, -0.2) is 4.79 Å². The molecule has 0 unspecified atom stereocenters. The van der Waals surface area contributed by atoms with E-state index in [-0.39, 0.29) is 12.4 Å². The molecule has 0 bridgehead atoms. The van der Waals surface area contributed by atoms with E-state index >= 15 is 0 Å². The fourth-order valence-corrected chi connectivity index (χ4v) is 2.36. The Morgan fingerprint density at radius 3 is 2.14 bits per heavy atom. The van der Waals surface area contributed by atoms with E-state index in [0.29, 0.717) is 19.4 Å². The average Bonchev–Trinajstić information content (AvgIpc) is 2.23. The minimum Gasteiger partial charge on any atom is -0.460 e. The number of likely N-dealkylation sites (tertiary alicyclic amines) is 1. The number of hydrogen-bond acceptors (Lipinski definition) is 5. The lowest BCUT2D eigenvalue weighted by atomic mass is 9.97. The van der Waals surface area contributed by atoms with Gasteiger partial charge in [-0.2, -0.15) is 0 Å². The van der Waals surface area contributed by atoms with Gasteiger partial charge < -0.3 is 19.5 Å². The lowest BCUT2D eigenvalue weighted by molar-refractivity contribution is -0.156. The summed E-state index contributed by atoms with van der Waals surface area (Å²) in [7, 11) is 0. The lowest BCUT2D eigenvalue weighted by Crippen LogP contribution is -2.50. The van der Waals surface area contributed by atoms with Crippen LogP contribution in [0, 0.1) is 0 Å². The number of esters is 1. The molecule has 1 aliphatic heterocycles. The molecule has 0 aromatic rings. The lowest BCUT2D eigenvalue weighted by Gasteiger charge is -2.38. The van der Waals surface area contributed by atoms with E-state index in [1.54, 1.807) is 41.5 Å². The second-order valence-corrected chi connectivity index (χ2v) is 7.80. The van der Waals surface area contributed by atoms with Gasteiger partial charge in [-0.1, -0.05) is 0 Å². The van der Waals surface area contributed by atoms with E-state index in [4.69, 9.17) is 9.47 Å². The predicted molar refractivity (Wildman–Crippen MR) is 82.4 cm³/mol. The third kappa shape index (κ3) is 6.64. The molecule has 128 valence electrons. The Morgan fingerprint density at radius 1 is 1.09 bits per heavy atom. The summed E-state index contributed by atoms with van der Waals surface area (Å²) in [5.74, 6) is -0.375. The van der Waals surface area contributed by atoms with Gasteiger partial charge in [-0.15, -0.1) is 0 Å². The molecule has 1 saturated heterocycles. The van der Waals surface area contributed by atoms with Crippen molar-refractivity contribution < 1.29 is 24.2 Å². The summed E-state index contributed by atoms with van der Waals surface area (Å²) in [5.41, 5.74) is -1.16. The van der Waals surface area contributed by atoms with Crippen LogP contribution < -0.4 is 0 Å². The highest BCUT2D eigenvalue weighted by Gasteiger charge is 2.35. The molecule has 1 N–H and O–H groups in total. The second-order valence-electron chi connectivity index (χ2n) is 7.80. The molecule has 1 heterocycles.